The quantitative estimate of drug-likeness (QED) is 0.381. The minimum atomic E-state index is -1.46. The molecule has 4 aromatic carbocycles. The molecule has 0 aliphatic carbocycles. The molecule has 0 spiro atoms. The van der Waals surface area contributed by atoms with E-state index in [1.807, 2.05) is 48.5 Å². The molecule has 0 unspecified atom stereocenters. The minimum Gasteiger partial charge on any atom is -0.423 e. The zero-order chi connectivity index (χ0) is 20.3. The number of rotatable bonds is 2. The Morgan fingerprint density at radius 3 is 1.11 bits per heavy atom. The van der Waals surface area contributed by atoms with E-state index in [0.29, 0.717) is 21.0 Å². The lowest BCUT2D eigenvalue weighted by atomic mass is 9.77. The van der Waals surface area contributed by atoms with Gasteiger partial charge in [0.1, 0.15) is 0 Å². The Hall–Kier alpha value is -2.05. The highest BCUT2D eigenvalue weighted by molar-refractivity contribution is 6.63. The van der Waals surface area contributed by atoms with Gasteiger partial charge in [0.15, 0.2) is 0 Å². The Morgan fingerprint density at radius 1 is 0.464 bits per heavy atom. The molecular weight excluding hydrogens is 397 g/mol. The molecule has 4 nitrogen and oxygen atoms in total. The average molecular weight is 413 g/mol. The molecular formula is C20H16B2Cl2O4. The molecule has 0 heterocycles. The maximum atomic E-state index is 9.13. The van der Waals surface area contributed by atoms with Crippen LogP contribution < -0.4 is 10.9 Å². The summed E-state index contributed by atoms with van der Waals surface area (Å²) in [7, 11) is -2.92. The van der Waals surface area contributed by atoms with Crippen LogP contribution >= 0.6 is 23.2 Å². The van der Waals surface area contributed by atoms with Crippen LogP contribution in [0.5, 0.6) is 0 Å². The van der Waals surface area contributed by atoms with Gasteiger partial charge in [0.2, 0.25) is 0 Å². The van der Waals surface area contributed by atoms with E-state index in [-0.39, 0.29) is 0 Å². The van der Waals surface area contributed by atoms with E-state index in [4.69, 9.17) is 43.3 Å². The number of hydrogen-bond donors (Lipinski definition) is 4. The highest BCUT2D eigenvalue weighted by atomic mass is 35.5. The van der Waals surface area contributed by atoms with Crippen LogP contribution in [-0.2, 0) is 0 Å². The lowest BCUT2D eigenvalue weighted by Gasteiger charge is -2.06. The van der Waals surface area contributed by atoms with Gasteiger partial charge in [0.25, 0.3) is 0 Å². The van der Waals surface area contributed by atoms with Crippen LogP contribution in [0.25, 0.3) is 21.5 Å². The molecule has 4 N–H and O–H groups in total. The van der Waals surface area contributed by atoms with Gasteiger partial charge in [-0.1, -0.05) is 83.9 Å². The van der Waals surface area contributed by atoms with E-state index in [1.165, 1.54) is 0 Å². The SMILES string of the molecule is OB(O)c1ccc(Cl)c2ccccc12.OB(O)c1ccc(Cl)c2ccccc12. The molecule has 0 saturated heterocycles. The summed E-state index contributed by atoms with van der Waals surface area (Å²) in [4.78, 5) is 0. The van der Waals surface area contributed by atoms with Gasteiger partial charge in [-0.25, -0.2) is 0 Å². The first-order chi connectivity index (χ1) is 13.4. The summed E-state index contributed by atoms with van der Waals surface area (Å²) in [5.74, 6) is 0. The first kappa shape index (κ1) is 20.7. The summed E-state index contributed by atoms with van der Waals surface area (Å²) in [6.07, 6.45) is 0. The molecule has 4 rings (SSSR count). The van der Waals surface area contributed by atoms with E-state index in [9.17, 15) is 0 Å². The molecule has 0 aromatic heterocycles. The van der Waals surface area contributed by atoms with Gasteiger partial charge in [-0.15, -0.1) is 0 Å². The number of hydrogen-bond acceptors (Lipinski definition) is 4. The fraction of sp³-hybridized carbons (Fsp3) is 0. The van der Waals surface area contributed by atoms with Gasteiger partial charge in [0, 0.05) is 10.0 Å². The monoisotopic (exact) mass is 412 g/mol. The summed E-state index contributed by atoms with van der Waals surface area (Å²) >= 11 is 11.9. The van der Waals surface area contributed by atoms with Crippen molar-refractivity contribution in [1.82, 2.24) is 0 Å². The second-order valence-corrected chi connectivity index (χ2v) is 6.93. The predicted octanol–water partition coefficient (Wildman–Crippen LogP) is 2.35. The van der Waals surface area contributed by atoms with Crippen molar-refractivity contribution in [3.63, 3.8) is 0 Å². The van der Waals surface area contributed by atoms with Gasteiger partial charge >= 0.3 is 14.2 Å². The number of benzene rings is 4. The molecule has 0 radical (unpaired) electrons. The number of fused-ring (bicyclic) bond motifs is 2. The van der Waals surface area contributed by atoms with Crippen LogP contribution in [0.2, 0.25) is 10.0 Å². The number of halogens is 2. The summed E-state index contributed by atoms with van der Waals surface area (Å²) in [6.45, 7) is 0. The summed E-state index contributed by atoms with van der Waals surface area (Å²) in [5, 5.41) is 40.9. The third kappa shape index (κ3) is 4.33. The summed E-state index contributed by atoms with van der Waals surface area (Å²) in [5.41, 5.74) is 0.954. The molecule has 0 aliphatic heterocycles. The van der Waals surface area contributed by atoms with Crippen molar-refractivity contribution < 1.29 is 20.1 Å². The Bertz CT molecular complexity index is 1030. The van der Waals surface area contributed by atoms with Crippen molar-refractivity contribution in [1.29, 1.82) is 0 Å². The highest BCUT2D eigenvalue weighted by Crippen LogP contribution is 2.22. The van der Waals surface area contributed by atoms with Crippen molar-refractivity contribution >= 4 is 69.9 Å². The van der Waals surface area contributed by atoms with E-state index >= 15 is 0 Å². The highest BCUT2D eigenvalue weighted by Gasteiger charge is 2.15. The van der Waals surface area contributed by atoms with Crippen molar-refractivity contribution in [3.8, 4) is 0 Å². The van der Waals surface area contributed by atoms with Gasteiger partial charge in [-0.3, -0.25) is 0 Å². The topological polar surface area (TPSA) is 80.9 Å². The Kier molecular flexibility index (Phi) is 6.62. The minimum absolute atomic E-state index is 0.477. The van der Waals surface area contributed by atoms with Gasteiger partial charge in [0.05, 0.1) is 0 Å². The van der Waals surface area contributed by atoms with Crippen LogP contribution in [0.1, 0.15) is 0 Å². The molecule has 0 atom stereocenters. The smallest absolute Gasteiger partial charge is 0.423 e. The third-order valence-electron chi connectivity index (χ3n) is 4.37. The molecule has 0 aliphatic rings. The van der Waals surface area contributed by atoms with Crippen molar-refractivity contribution in [2.24, 2.45) is 0 Å². The lowest BCUT2D eigenvalue weighted by Crippen LogP contribution is -2.30. The van der Waals surface area contributed by atoms with Crippen molar-refractivity contribution in [2.45, 2.75) is 0 Å². The predicted molar refractivity (Wildman–Crippen MR) is 118 cm³/mol. The molecule has 0 amide bonds. The van der Waals surface area contributed by atoms with E-state index in [2.05, 4.69) is 0 Å². The van der Waals surface area contributed by atoms with E-state index in [1.54, 1.807) is 24.3 Å². The van der Waals surface area contributed by atoms with Crippen LogP contribution in [0.15, 0.2) is 72.8 Å². The van der Waals surface area contributed by atoms with Crippen LogP contribution in [-0.4, -0.2) is 34.3 Å². The Labute approximate surface area is 172 Å². The molecule has 140 valence electrons. The average Bonchev–Trinajstić information content (AvgIpc) is 2.69. The first-order valence-corrected chi connectivity index (χ1v) is 9.22. The van der Waals surface area contributed by atoms with E-state index < -0.39 is 14.2 Å². The summed E-state index contributed by atoms with van der Waals surface area (Å²) in [6, 6.07) is 21.3. The zero-order valence-corrected chi connectivity index (χ0v) is 16.1. The third-order valence-corrected chi connectivity index (χ3v) is 5.02. The molecule has 0 saturated carbocycles. The fourth-order valence-corrected chi connectivity index (χ4v) is 3.48. The van der Waals surface area contributed by atoms with Crippen molar-refractivity contribution in [2.75, 3.05) is 0 Å². The van der Waals surface area contributed by atoms with Crippen molar-refractivity contribution in [3.05, 3.63) is 82.8 Å². The Morgan fingerprint density at radius 2 is 0.786 bits per heavy atom. The standard InChI is InChI=1S/2C10H8BClO2/c2*12-10-6-5-9(11(13)14)7-3-1-2-4-8(7)10/h2*1-6,13-14H. The van der Waals surface area contributed by atoms with Gasteiger partial charge in [-0.2, -0.15) is 0 Å². The second kappa shape index (κ2) is 8.97. The second-order valence-electron chi connectivity index (χ2n) is 6.11. The maximum absolute atomic E-state index is 9.13. The first-order valence-electron chi connectivity index (χ1n) is 8.46. The van der Waals surface area contributed by atoms with Crippen LogP contribution in [0.4, 0.5) is 0 Å². The lowest BCUT2D eigenvalue weighted by molar-refractivity contribution is 0.425. The summed E-state index contributed by atoms with van der Waals surface area (Å²) < 4.78 is 0. The van der Waals surface area contributed by atoms with Gasteiger partial charge in [-0.05, 0) is 44.6 Å². The fourth-order valence-electron chi connectivity index (χ4n) is 3.02. The van der Waals surface area contributed by atoms with Crippen LogP contribution in [0.3, 0.4) is 0 Å². The largest absolute Gasteiger partial charge is 0.489 e. The maximum Gasteiger partial charge on any atom is 0.489 e. The molecule has 0 bridgehead atoms. The molecule has 4 aromatic rings. The molecule has 8 heteroatoms. The zero-order valence-electron chi connectivity index (χ0n) is 14.6. The molecule has 0 fully saturated rings. The van der Waals surface area contributed by atoms with Crippen LogP contribution in [0, 0.1) is 0 Å². The normalized spacial score (nSPS) is 10.5. The molecule has 28 heavy (non-hydrogen) atoms. The van der Waals surface area contributed by atoms with E-state index in [0.717, 1.165) is 21.5 Å². The Balaban J connectivity index is 0.000000161. The van der Waals surface area contributed by atoms with Gasteiger partial charge < -0.3 is 20.1 Å².